The van der Waals surface area contributed by atoms with E-state index in [4.69, 9.17) is 4.74 Å². The minimum absolute atomic E-state index is 0.0160. The highest BCUT2D eigenvalue weighted by atomic mass is 16.5. The third kappa shape index (κ3) is 3.42. The zero-order chi connectivity index (χ0) is 18.7. The van der Waals surface area contributed by atoms with Crippen LogP contribution in [0.4, 0.5) is 0 Å². The number of pyridine rings is 1. The topological polar surface area (TPSA) is 84.7 Å². The highest BCUT2D eigenvalue weighted by Crippen LogP contribution is 2.31. The van der Waals surface area contributed by atoms with E-state index in [0.717, 1.165) is 0 Å². The van der Waals surface area contributed by atoms with Gasteiger partial charge in [-0.1, -0.05) is 0 Å². The number of carbonyl (C=O) groups is 2. The molecule has 7 heteroatoms. The summed E-state index contributed by atoms with van der Waals surface area (Å²) in [7, 11) is 0. The molecule has 1 N–H and O–H groups in total. The van der Waals surface area contributed by atoms with Crippen molar-refractivity contribution in [3.05, 3.63) is 48.5 Å². The van der Waals surface area contributed by atoms with Gasteiger partial charge in [-0.2, -0.15) is 0 Å². The number of piperidine rings is 1. The van der Waals surface area contributed by atoms with Crippen LogP contribution in [0.15, 0.2) is 42.9 Å². The normalized spacial score (nSPS) is 17.5. The quantitative estimate of drug-likeness (QED) is 0.887. The van der Waals surface area contributed by atoms with Crippen LogP contribution in [0, 0.1) is 6.92 Å². The number of hydrogen-bond donors (Lipinski definition) is 1. The largest absolute Gasteiger partial charge is 0.478 e. The number of carboxylic acid groups (broad SMARTS) is 1. The number of carboxylic acids is 1. The van der Waals surface area contributed by atoms with E-state index in [0.29, 0.717) is 24.5 Å². The molecule has 7 nitrogen and oxygen atoms in total. The fourth-order valence-corrected chi connectivity index (χ4v) is 3.23. The number of amides is 1. The zero-order valence-corrected chi connectivity index (χ0v) is 15.0. The number of rotatable bonds is 5. The summed E-state index contributed by atoms with van der Waals surface area (Å²) in [5, 5.41) is 9.77. The zero-order valence-electron chi connectivity index (χ0n) is 15.0. The summed E-state index contributed by atoms with van der Waals surface area (Å²) in [5.41, 5.74) is -0.686. The van der Waals surface area contributed by atoms with Crippen LogP contribution in [-0.2, 0) is 9.59 Å². The van der Waals surface area contributed by atoms with Crippen molar-refractivity contribution in [3.8, 4) is 5.75 Å². The van der Waals surface area contributed by atoms with E-state index in [1.807, 2.05) is 36.0 Å². The lowest BCUT2D eigenvalue weighted by Crippen LogP contribution is -2.55. The lowest BCUT2D eigenvalue weighted by Gasteiger charge is -2.39. The molecule has 1 aliphatic rings. The van der Waals surface area contributed by atoms with Gasteiger partial charge in [0.05, 0.1) is 5.69 Å². The van der Waals surface area contributed by atoms with Crippen LogP contribution in [-0.4, -0.2) is 50.1 Å². The minimum atomic E-state index is -1.33. The van der Waals surface area contributed by atoms with Gasteiger partial charge in [-0.25, -0.2) is 4.79 Å². The summed E-state index contributed by atoms with van der Waals surface area (Å²) < 4.78 is 7.73. The van der Waals surface area contributed by atoms with Crippen LogP contribution >= 0.6 is 0 Å². The second-order valence-corrected chi connectivity index (χ2v) is 6.62. The minimum Gasteiger partial charge on any atom is -0.478 e. The second-order valence-electron chi connectivity index (χ2n) is 6.62. The van der Waals surface area contributed by atoms with E-state index in [9.17, 15) is 14.7 Å². The Bertz CT molecular complexity index is 780. The van der Waals surface area contributed by atoms with Crippen molar-refractivity contribution >= 4 is 11.9 Å². The summed E-state index contributed by atoms with van der Waals surface area (Å²) >= 11 is 0. The van der Waals surface area contributed by atoms with E-state index in [1.165, 1.54) is 0 Å². The monoisotopic (exact) mass is 357 g/mol. The number of aromatic nitrogens is 2. The van der Waals surface area contributed by atoms with Crippen molar-refractivity contribution in [2.24, 2.45) is 0 Å². The number of nitrogens with zero attached hydrogens (tertiary/aromatic N) is 3. The van der Waals surface area contributed by atoms with Gasteiger partial charge in [-0.3, -0.25) is 9.78 Å². The summed E-state index contributed by atoms with van der Waals surface area (Å²) in [5.74, 6) is -0.556. The van der Waals surface area contributed by atoms with Crippen LogP contribution in [0.2, 0.25) is 0 Å². The summed E-state index contributed by atoms with van der Waals surface area (Å²) in [4.78, 5) is 30.5. The third-order valence-electron chi connectivity index (χ3n) is 4.97. The van der Waals surface area contributed by atoms with Crippen molar-refractivity contribution < 1.29 is 19.4 Å². The van der Waals surface area contributed by atoms with Crippen molar-refractivity contribution in [2.75, 3.05) is 13.1 Å². The van der Waals surface area contributed by atoms with Crippen LogP contribution in [0.1, 0.15) is 31.5 Å². The first-order valence-electron chi connectivity index (χ1n) is 8.68. The number of aryl methyl sites for hydroxylation is 1. The molecule has 0 spiro atoms. The summed E-state index contributed by atoms with van der Waals surface area (Å²) in [6, 6.07) is 6.87. The summed E-state index contributed by atoms with van der Waals surface area (Å²) in [6.45, 7) is 4.31. The Kier molecular flexibility index (Phi) is 4.97. The van der Waals surface area contributed by atoms with Crippen molar-refractivity contribution in [1.82, 2.24) is 14.5 Å². The van der Waals surface area contributed by atoms with Crippen molar-refractivity contribution in [3.63, 3.8) is 0 Å². The molecule has 138 valence electrons. The Morgan fingerprint density at radius 3 is 2.46 bits per heavy atom. The molecule has 1 atom stereocenters. The van der Waals surface area contributed by atoms with Gasteiger partial charge in [-0.15, -0.1) is 0 Å². The van der Waals surface area contributed by atoms with Crippen molar-refractivity contribution in [2.45, 2.75) is 38.3 Å². The first-order valence-corrected chi connectivity index (χ1v) is 8.68. The standard InChI is InChI=1S/C19H23N3O4/c1-14-16(6-5-9-20-14)26-19(18(24)25)7-12-22(13-8-19)17(23)15(2)21-10-3-4-11-21/h3-6,9-11,15H,7-8,12-13H2,1-2H3,(H,24,25). The fourth-order valence-electron chi connectivity index (χ4n) is 3.23. The van der Waals surface area contributed by atoms with Gasteiger partial charge in [0.15, 0.2) is 0 Å². The Balaban J connectivity index is 1.70. The van der Waals surface area contributed by atoms with Crippen LogP contribution in [0.5, 0.6) is 5.75 Å². The molecule has 3 rings (SSSR count). The number of carbonyl (C=O) groups excluding carboxylic acids is 1. The van der Waals surface area contributed by atoms with Crippen LogP contribution < -0.4 is 4.74 Å². The van der Waals surface area contributed by atoms with Gasteiger partial charge < -0.3 is 19.3 Å². The van der Waals surface area contributed by atoms with Gasteiger partial charge in [0.1, 0.15) is 11.8 Å². The Labute approximate surface area is 152 Å². The highest BCUT2D eigenvalue weighted by Gasteiger charge is 2.45. The lowest BCUT2D eigenvalue weighted by atomic mass is 9.90. The first kappa shape index (κ1) is 18.0. The second kappa shape index (κ2) is 7.19. The Morgan fingerprint density at radius 2 is 1.88 bits per heavy atom. The maximum Gasteiger partial charge on any atom is 0.348 e. The van der Waals surface area contributed by atoms with Gasteiger partial charge >= 0.3 is 5.97 Å². The Hall–Kier alpha value is -2.83. The molecule has 26 heavy (non-hydrogen) atoms. The number of likely N-dealkylation sites (tertiary alicyclic amines) is 1. The van der Waals surface area contributed by atoms with Gasteiger partial charge in [-0.05, 0) is 38.1 Å². The molecule has 0 aromatic carbocycles. The van der Waals surface area contributed by atoms with E-state index in [1.54, 1.807) is 30.2 Å². The molecule has 0 radical (unpaired) electrons. The maximum absolute atomic E-state index is 12.7. The van der Waals surface area contributed by atoms with Gasteiger partial charge in [0.2, 0.25) is 11.5 Å². The molecular weight excluding hydrogens is 334 g/mol. The van der Waals surface area contributed by atoms with E-state index >= 15 is 0 Å². The molecule has 1 saturated heterocycles. The van der Waals surface area contributed by atoms with E-state index in [2.05, 4.69) is 4.98 Å². The molecule has 1 fully saturated rings. The molecule has 0 saturated carbocycles. The maximum atomic E-state index is 12.7. The molecule has 1 unspecified atom stereocenters. The van der Waals surface area contributed by atoms with Crippen molar-refractivity contribution in [1.29, 1.82) is 0 Å². The smallest absolute Gasteiger partial charge is 0.348 e. The summed E-state index contributed by atoms with van der Waals surface area (Å²) in [6.07, 6.45) is 5.81. The average Bonchev–Trinajstić information content (AvgIpc) is 3.17. The number of hydrogen-bond acceptors (Lipinski definition) is 4. The number of ether oxygens (including phenoxy) is 1. The molecule has 2 aromatic heterocycles. The third-order valence-corrected chi connectivity index (χ3v) is 4.97. The van der Waals surface area contributed by atoms with Crippen LogP contribution in [0.3, 0.4) is 0 Å². The van der Waals surface area contributed by atoms with E-state index < -0.39 is 11.6 Å². The van der Waals surface area contributed by atoms with Gasteiger partial charge in [0, 0.05) is 44.5 Å². The first-order chi connectivity index (χ1) is 12.4. The van der Waals surface area contributed by atoms with E-state index in [-0.39, 0.29) is 24.8 Å². The SMILES string of the molecule is Cc1ncccc1OC1(C(=O)O)CCN(C(=O)C(C)n2cccc2)CC1. The highest BCUT2D eigenvalue weighted by molar-refractivity contribution is 5.82. The predicted octanol–water partition coefficient (Wildman–Crippen LogP) is 2.28. The molecule has 3 heterocycles. The molecule has 0 bridgehead atoms. The predicted molar refractivity (Wildman–Crippen MR) is 94.9 cm³/mol. The molecule has 1 amide bonds. The van der Waals surface area contributed by atoms with Gasteiger partial charge in [0.25, 0.3) is 0 Å². The number of aliphatic carboxylic acids is 1. The fraction of sp³-hybridized carbons (Fsp3) is 0.421. The molecule has 1 aliphatic heterocycles. The molecule has 2 aromatic rings. The molecule has 0 aliphatic carbocycles. The Morgan fingerprint density at radius 1 is 1.23 bits per heavy atom. The lowest BCUT2D eigenvalue weighted by molar-refractivity contribution is -0.162. The van der Waals surface area contributed by atoms with Crippen LogP contribution in [0.25, 0.3) is 0 Å². The molecular formula is C19H23N3O4. The average molecular weight is 357 g/mol.